The Hall–Kier alpha value is -1.53. The van der Waals surface area contributed by atoms with E-state index in [0.29, 0.717) is 11.4 Å². The van der Waals surface area contributed by atoms with Gasteiger partial charge < -0.3 is 4.74 Å². The highest BCUT2D eigenvalue weighted by Gasteiger charge is 2.19. The summed E-state index contributed by atoms with van der Waals surface area (Å²) in [6.07, 6.45) is 0. The van der Waals surface area contributed by atoms with Gasteiger partial charge in [-0.2, -0.15) is 0 Å². The van der Waals surface area contributed by atoms with E-state index in [9.17, 15) is 8.42 Å². The van der Waals surface area contributed by atoms with Crippen molar-refractivity contribution >= 4 is 31.6 Å². The molecule has 0 bridgehead atoms. The van der Waals surface area contributed by atoms with Gasteiger partial charge in [0.2, 0.25) is 0 Å². The van der Waals surface area contributed by atoms with Crippen LogP contribution in [0.15, 0.2) is 51.8 Å². The number of ether oxygens (including phenoxy) is 1. The fourth-order valence-corrected chi connectivity index (χ4v) is 3.20. The number of methoxy groups -OCH3 is 1. The minimum Gasteiger partial charge on any atom is -0.495 e. The SMILES string of the molecule is COc1cc(C)ccc1S(=O)(=O)Nc1ccc(Br)cc1. The summed E-state index contributed by atoms with van der Waals surface area (Å²) in [5, 5.41) is 0. The number of halogens is 1. The van der Waals surface area contributed by atoms with Crippen LogP contribution < -0.4 is 9.46 Å². The first-order valence-electron chi connectivity index (χ1n) is 5.85. The fourth-order valence-electron chi connectivity index (χ4n) is 1.72. The molecule has 1 N–H and O–H groups in total. The van der Waals surface area contributed by atoms with Crippen molar-refractivity contribution in [2.45, 2.75) is 11.8 Å². The Labute approximate surface area is 127 Å². The summed E-state index contributed by atoms with van der Waals surface area (Å²) >= 11 is 3.30. The van der Waals surface area contributed by atoms with Gasteiger partial charge in [0.05, 0.1) is 7.11 Å². The van der Waals surface area contributed by atoms with E-state index in [1.165, 1.54) is 13.2 Å². The van der Waals surface area contributed by atoms with Crippen LogP contribution in [0.3, 0.4) is 0 Å². The van der Waals surface area contributed by atoms with Gasteiger partial charge in [0.1, 0.15) is 10.6 Å². The number of rotatable bonds is 4. The largest absolute Gasteiger partial charge is 0.495 e. The molecule has 20 heavy (non-hydrogen) atoms. The lowest BCUT2D eigenvalue weighted by Crippen LogP contribution is -2.14. The molecule has 0 saturated heterocycles. The van der Waals surface area contributed by atoms with Crippen molar-refractivity contribution in [1.29, 1.82) is 0 Å². The summed E-state index contributed by atoms with van der Waals surface area (Å²) in [5.74, 6) is 0.328. The first kappa shape index (κ1) is 14.9. The molecule has 6 heteroatoms. The van der Waals surface area contributed by atoms with Gasteiger partial charge in [-0.3, -0.25) is 4.72 Å². The zero-order chi connectivity index (χ0) is 14.8. The van der Waals surface area contributed by atoms with Crippen molar-refractivity contribution in [3.05, 3.63) is 52.5 Å². The van der Waals surface area contributed by atoms with Gasteiger partial charge in [0.25, 0.3) is 10.0 Å². The number of sulfonamides is 1. The summed E-state index contributed by atoms with van der Waals surface area (Å²) in [6.45, 7) is 1.88. The van der Waals surface area contributed by atoms with Crippen LogP contribution in [-0.2, 0) is 10.0 Å². The van der Waals surface area contributed by atoms with Gasteiger partial charge in [-0.25, -0.2) is 8.42 Å². The van der Waals surface area contributed by atoms with Crippen molar-refractivity contribution in [2.24, 2.45) is 0 Å². The maximum absolute atomic E-state index is 12.4. The third-order valence-electron chi connectivity index (χ3n) is 2.71. The molecule has 2 aromatic carbocycles. The van der Waals surface area contributed by atoms with Crippen LogP contribution in [0.4, 0.5) is 5.69 Å². The van der Waals surface area contributed by atoms with Crippen molar-refractivity contribution in [2.75, 3.05) is 11.8 Å². The highest BCUT2D eigenvalue weighted by atomic mass is 79.9. The van der Waals surface area contributed by atoms with Gasteiger partial charge in [-0.05, 0) is 48.9 Å². The zero-order valence-electron chi connectivity index (χ0n) is 11.1. The predicted octanol–water partition coefficient (Wildman–Crippen LogP) is 3.57. The average Bonchev–Trinajstić information content (AvgIpc) is 2.40. The maximum Gasteiger partial charge on any atom is 0.265 e. The third kappa shape index (κ3) is 3.32. The van der Waals surface area contributed by atoms with E-state index in [4.69, 9.17) is 4.74 Å². The van der Waals surface area contributed by atoms with Crippen LogP contribution in [0.5, 0.6) is 5.75 Å². The molecular weight excluding hydrogens is 342 g/mol. The van der Waals surface area contributed by atoms with Crippen LogP contribution in [0.2, 0.25) is 0 Å². The quantitative estimate of drug-likeness (QED) is 0.911. The molecule has 0 aliphatic rings. The summed E-state index contributed by atoms with van der Waals surface area (Å²) in [6, 6.07) is 11.9. The molecule has 4 nitrogen and oxygen atoms in total. The number of anilines is 1. The third-order valence-corrected chi connectivity index (χ3v) is 4.65. The van der Waals surface area contributed by atoms with Crippen molar-refractivity contribution in [3.8, 4) is 5.75 Å². The smallest absolute Gasteiger partial charge is 0.265 e. The Balaban J connectivity index is 2.38. The van der Waals surface area contributed by atoms with Crippen molar-refractivity contribution < 1.29 is 13.2 Å². The second kappa shape index (κ2) is 5.85. The van der Waals surface area contributed by atoms with Crippen LogP contribution >= 0.6 is 15.9 Å². The lowest BCUT2D eigenvalue weighted by Gasteiger charge is -2.12. The molecule has 0 atom stereocenters. The molecule has 2 rings (SSSR count). The minimum atomic E-state index is -3.68. The van der Waals surface area contributed by atoms with Crippen molar-refractivity contribution in [3.63, 3.8) is 0 Å². The second-order valence-corrected chi connectivity index (χ2v) is 6.83. The topological polar surface area (TPSA) is 55.4 Å². The highest BCUT2D eigenvalue weighted by molar-refractivity contribution is 9.10. The highest BCUT2D eigenvalue weighted by Crippen LogP contribution is 2.27. The van der Waals surface area contributed by atoms with E-state index < -0.39 is 10.0 Å². The van der Waals surface area contributed by atoms with E-state index in [1.807, 2.05) is 6.92 Å². The molecule has 0 radical (unpaired) electrons. The van der Waals surface area contributed by atoms with Gasteiger partial charge in [0.15, 0.2) is 0 Å². The summed E-state index contributed by atoms with van der Waals surface area (Å²) in [4.78, 5) is 0.119. The molecule has 106 valence electrons. The number of hydrogen-bond donors (Lipinski definition) is 1. The van der Waals surface area contributed by atoms with Crippen LogP contribution in [-0.4, -0.2) is 15.5 Å². The minimum absolute atomic E-state index is 0.119. The average molecular weight is 356 g/mol. The molecular formula is C14H14BrNO3S. The number of hydrogen-bond acceptors (Lipinski definition) is 3. The molecule has 0 unspecified atom stereocenters. The standard InChI is InChI=1S/C14H14BrNO3S/c1-10-3-8-14(13(9-10)19-2)20(17,18)16-12-6-4-11(15)5-7-12/h3-9,16H,1-2H3. The van der Waals surface area contributed by atoms with E-state index in [0.717, 1.165) is 10.0 Å². The number of nitrogens with one attached hydrogen (secondary N) is 1. The Morgan fingerprint density at radius 1 is 1.10 bits per heavy atom. The van der Waals surface area contributed by atoms with Gasteiger partial charge in [-0.15, -0.1) is 0 Å². The maximum atomic E-state index is 12.4. The Kier molecular flexibility index (Phi) is 4.35. The van der Waals surface area contributed by atoms with E-state index >= 15 is 0 Å². The van der Waals surface area contributed by atoms with Crippen molar-refractivity contribution in [1.82, 2.24) is 0 Å². The van der Waals surface area contributed by atoms with Crippen LogP contribution in [0, 0.1) is 6.92 Å². The molecule has 0 aromatic heterocycles. The molecule has 0 spiro atoms. The second-order valence-electron chi connectivity index (χ2n) is 4.27. The molecule has 0 heterocycles. The Morgan fingerprint density at radius 2 is 1.75 bits per heavy atom. The van der Waals surface area contributed by atoms with Crippen LogP contribution in [0.25, 0.3) is 0 Å². The molecule has 0 fully saturated rings. The first-order valence-corrected chi connectivity index (χ1v) is 8.13. The lowest BCUT2D eigenvalue weighted by molar-refractivity contribution is 0.402. The molecule has 0 amide bonds. The van der Waals surface area contributed by atoms with E-state index in [-0.39, 0.29) is 4.90 Å². The van der Waals surface area contributed by atoms with E-state index in [2.05, 4.69) is 20.7 Å². The fraction of sp³-hybridized carbons (Fsp3) is 0.143. The number of aryl methyl sites for hydroxylation is 1. The summed E-state index contributed by atoms with van der Waals surface area (Å²) < 4.78 is 33.3. The summed E-state index contributed by atoms with van der Waals surface area (Å²) in [7, 11) is -2.22. The van der Waals surface area contributed by atoms with Gasteiger partial charge in [-0.1, -0.05) is 22.0 Å². The van der Waals surface area contributed by atoms with Gasteiger partial charge in [0, 0.05) is 10.2 Å². The van der Waals surface area contributed by atoms with E-state index in [1.54, 1.807) is 36.4 Å². The normalized spacial score (nSPS) is 11.2. The Morgan fingerprint density at radius 3 is 2.35 bits per heavy atom. The molecule has 0 saturated carbocycles. The number of benzene rings is 2. The molecule has 0 aliphatic carbocycles. The Bertz CT molecular complexity index is 712. The van der Waals surface area contributed by atoms with Crippen LogP contribution in [0.1, 0.15) is 5.56 Å². The predicted molar refractivity (Wildman–Crippen MR) is 82.7 cm³/mol. The molecule has 0 aliphatic heterocycles. The molecule has 2 aromatic rings. The monoisotopic (exact) mass is 355 g/mol. The lowest BCUT2D eigenvalue weighted by atomic mass is 10.2. The zero-order valence-corrected chi connectivity index (χ0v) is 13.5. The van der Waals surface area contributed by atoms with Gasteiger partial charge >= 0.3 is 0 Å². The first-order chi connectivity index (χ1) is 9.42. The summed E-state index contributed by atoms with van der Waals surface area (Å²) in [5.41, 5.74) is 1.43.